The second kappa shape index (κ2) is 8.90. The Balaban J connectivity index is 1.36. The average molecular weight is 436 g/mol. The minimum absolute atomic E-state index is 0.0801. The molecule has 0 spiro atoms. The van der Waals surface area contributed by atoms with Gasteiger partial charge in [-0.15, -0.1) is 0 Å². The largest absolute Gasteiger partial charge is 0.339 e. The third kappa shape index (κ3) is 4.39. The fraction of sp³-hybridized carbons (Fsp3) is 0.333. The molecule has 4 amide bonds. The summed E-state index contributed by atoms with van der Waals surface area (Å²) in [4.78, 5) is 45.2. The summed E-state index contributed by atoms with van der Waals surface area (Å²) >= 11 is 0. The van der Waals surface area contributed by atoms with Crippen LogP contribution >= 0.6 is 0 Å². The number of urea groups is 1. The molecule has 2 fully saturated rings. The van der Waals surface area contributed by atoms with E-state index in [1.807, 2.05) is 12.1 Å². The summed E-state index contributed by atoms with van der Waals surface area (Å²) in [5, 5.41) is 2.86. The Bertz CT molecular complexity index is 1030. The molecule has 4 rings (SSSR count). The molecule has 2 aliphatic heterocycles. The predicted molar refractivity (Wildman–Crippen MR) is 116 cm³/mol. The van der Waals surface area contributed by atoms with Gasteiger partial charge in [-0.1, -0.05) is 18.2 Å². The molecule has 2 aliphatic rings. The van der Waals surface area contributed by atoms with Crippen molar-refractivity contribution >= 4 is 23.9 Å². The molecule has 1 N–H and O–H groups in total. The van der Waals surface area contributed by atoms with Crippen LogP contribution in [-0.4, -0.2) is 51.3 Å². The number of carbonyl (C=O) groups is 3. The number of likely N-dealkylation sites (tertiary alicyclic amines) is 1. The Morgan fingerprint density at radius 1 is 1.22 bits per heavy atom. The van der Waals surface area contributed by atoms with Crippen LogP contribution < -0.4 is 5.32 Å². The highest BCUT2D eigenvalue weighted by atomic mass is 19.1. The molecule has 1 atom stereocenters. The summed E-state index contributed by atoms with van der Waals surface area (Å²) < 4.78 is 13.1. The number of hydrogen-bond donors (Lipinski definition) is 1. The van der Waals surface area contributed by atoms with E-state index in [0.717, 1.165) is 5.56 Å². The third-order valence-electron chi connectivity index (χ3n) is 6.28. The van der Waals surface area contributed by atoms with Crippen LogP contribution in [0.3, 0.4) is 0 Å². The first-order chi connectivity index (χ1) is 15.4. The molecule has 166 valence electrons. The van der Waals surface area contributed by atoms with Gasteiger partial charge in [-0.3, -0.25) is 19.5 Å². The maximum absolute atomic E-state index is 13.2. The van der Waals surface area contributed by atoms with Crippen molar-refractivity contribution in [2.24, 2.45) is 5.92 Å². The Morgan fingerprint density at radius 3 is 2.59 bits per heavy atom. The molecule has 3 heterocycles. The molecule has 0 radical (unpaired) electrons. The van der Waals surface area contributed by atoms with E-state index in [4.69, 9.17) is 0 Å². The van der Waals surface area contributed by atoms with Crippen molar-refractivity contribution in [3.8, 4) is 0 Å². The zero-order valence-electron chi connectivity index (χ0n) is 17.8. The first kappa shape index (κ1) is 21.7. The van der Waals surface area contributed by atoms with Crippen molar-refractivity contribution in [3.63, 3.8) is 0 Å². The highest BCUT2D eigenvalue weighted by Gasteiger charge is 2.52. The van der Waals surface area contributed by atoms with Crippen molar-refractivity contribution in [3.05, 3.63) is 71.8 Å². The lowest BCUT2D eigenvalue weighted by molar-refractivity contribution is -0.134. The summed E-state index contributed by atoms with van der Waals surface area (Å²) in [5.41, 5.74) is 0.515. The molecule has 2 saturated heterocycles. The Kier molecular flexibility index (Phi) is 6.03. The van der Waals surface area contributed by atoms with Gasteiger partial charge in [-0.25, -0.2) is 9.18 Å². The molecule has 8 heteroatoms. The second-order valence-corrected chi connectivity index (χ2v) is 8.37. The Labute approximate surface area is 185 Å². The summed E-state index contributed by atoms with van der Waals surface area (Å²) in [6.07, 6.45) is 7.85. The molecular formula is C24H25FN4O3. The number of piperidine rings is 1. The number of hydrogen-bond acceptors (Lipinski definition) is 4. The highest BCUT2D eigenvalue weighted by molar-refractivity contribution is 6.07. The summed E-state index contributed by atoms with van der Waals surface area (Å²) in [7, 11) is 0. The number of benzene rings is 1. The number of imide groups is 1. The molecule has 2 aromatic rings. The van der Waals surface area contributed by atoms with Crippen LogP contribution in [0.15, 0.2) is 54.9 Å². The van der Waals surface area contributed by atoms with E-state index < -0.39 is 11.6 Å². The van der Waals surface area contributed by atoms with Crippen LogP contribution in [0, 0.1) is 11.7 Å². The lowest BCUT2D eigenvalue weighted by Gasteiger charge is -2.38. The van der Waals surface area contributed by atoms with Gasteiger partial charge in [0.05, 0.1) is 6.54 Å². The molecule has 0 aliphatic carbocycles. The first-order valence-electron chi connectivity index (χ1n) is 10.6. The van der Waals surface area contributed by atoms with E-state index in [9.17, 15) is 18.8 Å². The Morgan fingerprint density at radius 2 is 1.94 bits per heavy atom. The standard InChI is InChI=1S/C24H25FN4O3/c1-24(22(31)29(23(32)27-24)16-18-4-7-20(25)8-5-18)19-10-13-28(14-11-19)21(30)9-6-17-3-2-12-26-15-17/h2-9,12,15,19H,10-11,13-14,16H2,1H3,(H,27,32)/b9-6+/t24-/m1/s1. The van der Waals surface area contributed by atoms with Gasteiger partial charge in [0, 0.05) is 31.6 Å². The third-order valence-corrected chi connectivity index (χ3v) is 6.28. The maximum Gasteiger partial charge on any atom is 0.325 e. The van der Waals surface area contributed by atoms with Gasteiger partial charge < -0.3 is 10.2 Å². The number of carbonyl (C=O) groups excluding carboxylic acids is 3. The summed E-state index contributed by atoms with van der Waals surface area (Å²) in [5.74, 6) is -0.818. The number of rotatable bonds is 5. The van der Waals surface area contributed by atoms with Crippen molar-refractivity contribution < 1.29 is 18.8 Å². The lowest BCUT2D eigenvalue weighted by atomic mass is 9.79. The van der Waals surface area contributed by atoms with Gasteiger partial charge in [0.25, 0.3) is 5.91 Å². The molecule has 1 aromatic heterocycles. The van der Waals surface area contributed by atoms with E-state index >= 15 is 0 Å². The number of nitrogens with zero attached hydrogens (tertiary/aromatic N) is 3. The first-order valence-corrected chi connectivity index (χ1v) is 10.6. The normalized spacial score (nSPS) is 21.9. The van der Waals surface area contributed by atoms with Crippen LogP contribution in [0.4, 0.5) is 9.18 Å². The van der Waals surface area contributed by atoms with Gasteiger partial charge in [0.1, 0.15) is 11.4 Å². The van der Waals surface area contributed by atoms with Crippen LogP contribution in [-0.2, 0) is 16.1 Å². The fourth-order valence-corrected chi connectivity index (χ4v) is 4.33. The number of aromatic nitrogens is 1. The van der Waals surface area contributed by atoms with Crippen molar-refractivity contribution in [1.29, 1.82) is 0 Å². The fourth-order valence-electron chi connectivity index (χ4n) is 4.33. The average Bonchev–Trinajstić information content (AvgIpc) is 3.03. The predicted octanol–water partition coefficient (Wildman–Crippen LogP) is 2.98. The summed E-state index contributed by atoms with van der Waals surface area (Å²) in [6.45, 7) is 2.87. The van der Waals surface area contributed by atoms with Gasteiger partial charge in [-0.2, -0.15) is 0 Å². The van der Waals surface area contributed by atoms with Gasteiger partial charge >= 0.3 is 6.03 Å². The van der Waals surface area contributed by atoms with Crippen molar-refractivity contribution in [2.75, 3.05) is 13.1 Å². The topological polar surface area (TPSA) is 82.6 Å². The number of nitrogens with one attached hydrogen (secondary N) is 1. The van der Waals surface area contributed by atoms with E-state index in [1.165, 1.54) is 23.1 Å². The van der Waals surface area contributed by atoms with Crippen molar-refractivity contribution in [1.82, 2.24) is 20.1 Å². The van der Waals surface area contributed by atoms with Gasteiger partial charge in [0.2, 0.25) is 5.91 Å². The van der Waals surface area contributed by atoms with Gasteiger partial charge in [-0.05, 0) is 61.1 Å². The molecule has 7 nitrogen and oxygen atoms in total. The minimum atomic E-state index is -1.02. The van der Waals surface area contributed by atoms with E-state index in [0.29, 0.717) is 31.5 Å². The zero-order valence-corrected chi connectivity index (χ0v) is 17.8. The zero-order chi connectivity index (χ0) is 22.7. The van der Waals surface area contributed by atoms with E-state index in [-0.39, 0.29) is 30.1 Å². The highest BCUT2D eigenvalue weighted by Crippen LogP contribution is 2.34. The van der Waals surface area contributed by atoms with E-state index in [1.54, 1.807) is 42.4 Å². The van der Waals surface area contributed by atoms with Crippen molar-refractivity contribution in [2.45, 2.75) is 31.8 Å². The maximum atomic E-state index is 13.2. The number of amides is 4. The quantitative estimate of drug-likeness (QED) is 0.577. The molecule has 1 aromatic carbocycles. The minimum Gasteiger partial charge on any atom is -0.339 e. The van der Waals surface area contributed by atoms with Crippen LogP contribution in [0.1, 0.15) is 30.9 Å². The Hall–Kier alpha value is -3.55. The SMILES string of the molecule is C[C@]1(C2CCN(C(=O)/C=C/c3cccnc3)CC2)NC(=O)N(Cc2ccc(F)cc2)C1=O. The van der Waals surface area contributed by atoms with Gasteiger partial charge in [0.15, 0.2) is 0 Å². The molecule has 0 unspecified atom stereocenters. The molecular weight excluding hydrogens is 411 g/mol. The molecule has 0 saturated carbocycles. The smallest absolute Gasteiger partial charge is 0.325 e. The summed E-state index contributed by atoms with van der Waals surface area (Å²) in [6, 6.07) is 8.98. The lowest BCUT2D eigenvalue weighted by Crippen LogP contribution is -2.54. The monoisotopic (exact) mass is 436 g/mol. The molecule has 0 bridgehead atoms. The number of halogens is 1. The van der Waals surface area contributed by atoms with Crippen LogP contribution in [0.25, 0.3) is 6.08 Å². The number of pyridine rings is 1. The van der Waals surface area contributed by atoms with Crippen LogP contribution in [0.5, 0.6) is 0 Å². The van der Waals surface area contributed by atoms with Crippen LogP contribution in [0.2, 0.25) is 0 Å². The van der Waals surface area contributed by atoms with E-state index in [2.05, 4.69) is 10.3 Å². The molecule has 32 heavy (non-hydrogen) atoms. The second-order valence-electron chi connectivity index (χ2n) is 8.37.